The van der Waals surface area contributed by atoms with Crippen molar-refractivity contribution in [2.45, 2.75) is 19.1 Å². The summed E-state index contributed by atoms with van der Waals surface area (Å²) in [5.74, 6) is 0.899. The molecule has 88 valence electrons. The summed E-state index contributed by atoms with van der Waals surface area (Å²) in [5, 5.41) is 5.07. The zero-order valence-corrected chi connectivity index (χ0v) is 9.79. The molecule has 1 aliphatic heterocycles. The SMILES string of the molecule is O=c1[nH][nH]c(=S)n1CC1Cc2ccccc2O1. The molecule has 2 heterocycles. The lowest BCUT2D eigenvalue weighted by Crippen LogP contribution is -2.27. The van der Waals surface area contributed by atoms with Gasteiger partial charge in [-0.15, -0.1) is 0 Å². The van der Waals surface area contributed by atoms with Gasteiger partial charge in [0.15, 0.2) is 4.77 Å². The van der Waals surface area contributed by atoms with Gasteiger partial charge in [-0.1, -0.05) is 18.2 Å². The molecule has 3 rings (SSSR count). The Labute approximate surface area is 102 Å². The topological polar surface area (TPSA) is 62.8 Å². The monoisotopic (exact) mass is 249 g/mol. The number of nitrogens with zero attached hydrogens (tertiary/aromatic N) is 1. The quantitative estimate of drug-likeness (QED) is 0.787. The first-order chi connectivity index (χ1) is 8.24. The fourth-order valence-electron chi connectivity index (χ4n) is 2.06. The number of H-pyrrole nitrogens is 2. The minimum atomic E-state index is -0.227. The van der Waals surface area contributed by atoms with Gasteiger partial charge in [0, 0.05) is 6.42 Å². The summed E-state index contributed by atoms with van der Waals surface area (Å²) < 4.78 is 7.63. The van der Waals surface area contributed by atoms with E-state index < -0.39 is 0 Å². The molecule has 0 saturated carbocycles. The van der Waals surface area contributed by atoms with Crippen LogP contribution in [0.15, 0.2) is 29.1 Å². The molecule has 0 fully saturated rings. The second kappa shape index (κ2) is 3.89. The standard InChI is InChI=1S/C11H11N3O2S/c15-10-12-13-11(17)14(10)6-8-5-7-3-1-2-4-9(7)16-8/h1-4,8H,5-6H2,(H,12,15)(H,13,17). The Hall–Kier alpha value is -1.82. The van der Waals surface area contributed by atoms with Crippen LogP contribution in [0.3, 0.4) is 0 Å². The Balaban J connectivity index is 1.83. The average Bonchev–Trinajstić information content (AvgIpc) is 2.87. The van der Waals surface area contributed by atoms with E-state index in [0.717, 1.165) is 12.2 Å². The molecule has 0 amide bonds. The summed E-state index contributed by atoms with van der Waals surface area (Å²) in [4.78, 5) is 11.5. The lowest BCUT2D eigenvalue weighted by Gasteiger charge is -2.09. The van der Waals surface area contributed by atoms with Crippen LogP contribution in [0.4, 0.5) is 0 Å². The fourth-order valence-corrected chi connectivity index (χ4v) is 2.27. The van der Waals surface area contributed by atoms with Crippen molar-refractivity contribution >= 4 is 12.2 Å². The van der Waals surface area contributed by atoms with Crippen LogP contribution in [0.25, 0.3) is 0 Å². The molecule has 1 unspecified atom stereocenters. The van der Waals surface area contributed by atoms with E-state index in [9.17, 15) is 4.79 Å². The highest BCUT2D eigenvalue weighted by molar-refractivity contribution is 7.71. The fraction of sp³-hybridized carbons (Fsp3) is 0.273. The number of fused-ring (bicyclic) bond motifs is 1. The molecule has 0 spiro atoms. The summed E-state index contributed by atoms with van der Waals surface area (Å²) >= 11 is 5.01. The van der Waals surface area contributed by atoms with Crippen LogP contribution in [0.1, 0.15) is 5.56 Å². The van der Waals surface area contributed by atoms with Crippen LogP contribution < -0.4 is 10.4 Å². The van der Waals surface area contributed by atoms with E-state index in [0.29, 0.717) is 11.3 Å². The molecule has 1 atom stereocenters. The molecule has 5 nitrogen and oxygen atoms in total. The van der Waals surface area contributed by atoms with E-state index >= 15 is 0 Å². The van der Waals surface area contributed by atoms with Crippen LogP contribution in [-0.4, -0.2) is 20.9 Å². The van der Waals surface area contributed by atoms with Gasteiger partial charge in [-0.3, -0.25) is 9.67 Å². The van der Waals surface area contributed by atoms with E-state index in [1.807, 2.05) is 24.3 Å². The number of nitrogens with one attached hydrogen (secondary N) is 2. The number of aromatic nitrogens is 3. The Bertz CT molecular complexity index is 602. The summed E-state index contributed by atoms with van der Waals surface area (Å²) in [5.41, 5.74) is 0.950. The van der Waals surface area contributed by atoms with E-state index in [4.69, 9.17) is 17.0 Å². The molecular weight excluding hydrogens is 238 g/mol. The lowest BCUT2D eigenvalue weighted by atomic mass is 10.1. The normalized spacial score (nSPS) is 17.8. The van der Waals surface area contributed by atoms with E-state index in [-0.39, 0.29) is 11.8 Å². The van der Waals surface area contributed by atoms with Crippen molar-refractivity contribution in [1.82, 2.24) is 14.8 Å². The smallest absolute Gasteiger partial charge is 0.342 e. The first-order valence-corrected chi connectivity index (χ1v) is 5.77. The first kappa shape index (κ1) is 10.3. The van der Waals surface area contributed by atoms with Crippen molar-refractivity contribution < 1.29 is 4.74 Å². The summed E-state index contributed by atoms with van der Waals surface area (Å²) in [7, 11) is 0. The molecule has 0 bridgehead atoms. The van der Waals surface area contributed by atoms with Crippen molar-refractivity contribution in [2.75, 3.05) is 0 Å². The largest absolute Gasteiger partial charge is 0.488 e. The number of para-hydroxylation sites is 1. The van der Waals surface area contributed by atoms with Gasteiger partial charge in [0.1, 0.15) is 11.9 Å². The summed E-state index contributed by atoms with van der Waals surface area (Å²) in [6.45, 7) is 0.465. The van der Waals surface area contributed by atoms with Gasteiger partial charge in [0.25, 0.3) is 0 Å². The highest BCUT2D eigenvalue weighted by Crippen LogP contribution is 2.28. The minimum Gasteiger partial charge on any atom is -0.488 e. The van der Waals surface area contributed by atoms with Crippen molar-refractivity contribution in [1.29, 1.82) is 0 Å². The second-order valence-corrected chi connectivity index (χ2v) is 4.41. The van der Waals surface area contributed by atoms with Gasteiger partial charge in [-0.2, -0.15) is 0 Å². The highest BCUT2D eigenvalue weighted by Gasteiger charge is 2.23. The summed E-state index contributed by atoms with van der Waals surface area (Å²) in [6.07, 6.45) is 0.777. The maximum absolute atomic E-state index is 11.5. The third-order valence-corrected chi connectivity index (χ3v) is 3.19. The zero-order valence-electron chi connectivity index (χ0n) is 8.97. The van der Waals surface area contributed by atoms with Crippen LogP contribution in [-0.2, 0) is 13.0 Å². The molecule has 1 aliphatic rings. The number of rotatable bonds is 2. The highest BCUT2D eigenvalue weighted by atomic mass is 32.1. The van der Waals surface area contributed by atoms with Gasteiger partial charge in [0.05, 0.1) is 6.54 Å². The third-order valence-electron chi connectivity index (χ3n) is 2.87. The van der Waals surface area contributed by atoms with Gasteiger partial charge >= 0.3 is 5.69 Å². The van der Waals surface area contributed by atoms with Crippen LogP contribution in [0.2, 0.25) is 0 Å². The molecule has 17 heavy (non-hydrogen) atoms. The van der Waals surface area contributed by atoms with Gasteiger partial charge < -0.3 is 4.74 Å². The Kier molecular flexibility index (Phi) is 2.36. The molecule has 0 aliphatic carbocycles. The lowest BCUT2D eigenvalue weighted by molar-refractivity contribution is 0.207. The van der Waals surface area contributed by atoms with Gasteiger partial charge in [-0.25, -0.2) is 9.89 Å². The third kappa shape index (κ3) is 1.80. The average molecular weight is 249 g/mol. The number of hydrogen-bond donors (Lipinski definition) is 2. The first-order valence-electron chi connectivity index (χ1n) is 5.36. The van der Waals surface area contributed by atoms with Gasteiger partial charge in [0.2, 0.25) is 0 Å². The van der Waals surface area contributed by atoms with Crippen molar-refractivity contribution in [3.05, 3.63) is 45.1 Å². The number of aromatic amines is 2. The molecule has 6 heteroatoms. The van der Waals surface area contributed by atoms with Gasteiger partial charge in [-0.05, 0) is 23.8 Å². The second-order valence-electron chi connectivity index (χ2n) is 4.02. The molecule has 1 aromatic carbocycles. The maximum Gasteiger partial charge on any atom is 0.342 e. The Morgan fingerprint density at radius 2 is 2.24 bits per heavy atom. The van der Waals surface area contributed by atoms with Crippen molar-refractivity contribution in [3.8, 4) is 5.75 Å². The predicted octanol–water partition coefficient (Wildman–Crippen LogP) is 1.24. The van der Waals surface area contributed by atoms with Crippen molar-refractivity contribution in [3.63, 3.8) is 0 Å². The number of hydrogen-bond acceptors (Lipinski definition) is 3. The molecule has 0 radical (unpaired) electrons. The van der Waals surface area contributed by atoms with Crippen LogP contribution in [0, 0.1) is 4.77 Å². The molecular formula is C11H11N3O2S. The zero-order chi connectivity index (χ0) is 11.8. The van der Waals surface area contributed by atoms with Crippen LogP contribution >= 0.6 is 12.2 Å². The predicted molar refractivity (Wildman–Crippen MR) is 64.8 cm³/mol. The maximum atomic E-state index is 11.5. The molecule has 1 aromatic heterocycles. The number of benzene rings is 1. The van der Waals surface area contributed by atoms with E-state index in [2.05, 4.69) is 10.2 Å². The van der Waals surface area contributed by atoms with E-state index in [1.54, 1.807) is 0 Å². The molecule has 2 aromatic rings. The number of ether oxygens (including phenoxy) is 1. The summed E-state index contributed by atoms with van der Waals surface area (Å²) in [6, 6.07) is 7.90. The van der Waals surface area contributed by atoms with E-state index in [1.165, 1.54) is 10.1 Å². The Morgan fingerprint density at radius 1 is 1.41 bits per heavy atom. The molecule has 2 N–H and O–H groups in total. The molecule has 0 saturated heterocycles. The van der Waals surface area contributed by atoms with Crippen LogP contribution in [0.5, 0.6) is 5.75 Å². The Morgan fingerprint density at radius 3 is 2.94 bits per heavy atom. The minimum absolute atomic E-state index is 0.0315. The van der Waals surface area contributed by atoms with Crippen molar-refractivity contribution in [2.24, 2.45) is 0 Å².